The van der Waals surface area contributed by atoms with Crippen LogP contribution in [0.2, 0.25) is 0 Å². The van der Waals surface area contributed by atoms with Crippen molar-refractivity contribution in [3.63, 3.8) is 0 Å². The number of halogens is 3. The highest BCUT2D eigenvalue weighted by Gasteiger charge is 2.36. The average Bonchev–Trinajstić information content (AvgIpc) is 3.30. The number of methoxy groups -OCH3 is 1. The lowest BCUT2D eigenvalue weighted by atomic mass is 9.98. The Morgan fingerprint density at radius 1 is 1.24 bits per heavy atom. The van der Waals surface area contributed by atoms with Crippen LogP contribution < -0.4 is 9.64 Å². The van der Waals surface area contributed by atoms with Crippen molar-refractivity contribution in [2.75, 3.05) is 18.6 Å². The standard InChI is InChI=1S/C19H16F3N5O2/c1-29-17-16(12-2-4-23-24-9-12)25-26-18(17)27-5-3-11(19(27)28)6-10-7-13(20)15(22)14(21)8-10/h2,4,7-9,11H,3,5-6H2,1H3,(H,25,26). The molecule has 2 aromatic heterocycles. The third-order valence-corrected chi connectivity index (χ3v) is 4.88. The van der Waals surface area contributed by atoms with E-state index in [-0.39, 0.29) is 17.9 Å². The molecule has 10 heteroatoms. The first kappa shape index (κ1) is 18.9. The number of benzene rings is 1. The second-order valence-electron chi connectivity index (χ2n) is 6.64. The van der Waals surface area contributed by atoms with Crippen LogP contribution in [0.25, 0.3) is 11.3 Å². The number of carbonyl (C=O) groups excluding carboxylic acids is 1. The minimum Gasteiger partial charge on any atom is -0.491 e. The van der Waals surface area contributed by atoms with Gasteiger partial charge in [-0.05, 0) is 36.6 Å². The van der Waals surface area contributed by atoms with Gasteiger partial charge in [0.15, 0.2) is 29.0 Å². The van der Waals surface area contributed by atoms with Crippen molar-refractivity contribution in [1.29, 1.82) is 0 Å². The Kier molecular flexibility index (Phi) is 4.91. The van der Waals surface area contributed by atoms with Gasteiger partial charge in [-0.1, -0.05) is 0 Å². The van der Waals surface area contributed by atoms with E-state index in [0.29, 0.717) is 35.8 Å². The first-order chi connectivity index (χ1) is 14.0. The van der Waals surface area contributed by atoms with E-state index in [2.05, 4.69) is 20.4 Å². The molecule has 150 valence electrons. The zero-order valence-electron chi connectivity index (χ0n) is 15.3. The van der Waals surface area contributed by atoms with Crippen LogP contribution in [0.1, 0.15) is 12.0 Å². The Labute approximate surface area is 163 Å². The molecule has 1 unspecified atom stereocenters. The third-order valence-electron chi connectivity index (χ3n) is 4.88. The summed E-state index contributed by atoms with van der Waals surface area (Å²) in [6, 6.07) is 3.55. The van der Waals surface area contributed by atoms with E-state index in [9.17, 15) is 18.0 Å². The second-order valence-corrected chi connectivity index (χ2v) is 6.64. The highest BCUT2D eigenvalue weighted by molar-refractivity contribution is 5.98. The number of ether oxygens (including phenoxy) is 1. The molecular formula is C19H16F3N5O2. The van der Waals surface area contributed by atoms with Gasteiger partial charge in [0.2, 0.25) is 5.91 Å². The first-order valence-electron chi connectivity index (χ1n) is 8.83. The van der Waals surface area contributed by atoms with Crippen LogP contribution in [0.4, 0.5) is 19.0 Å². The van der Waals surface area contributed by atoms with Crippen molar-refractivity contribution in [3.8, 4) is 17.0 Å². The summed E-state index contributed by atoms with van der Waals surface area (Å²) in [5.41, 5.74) is 1.46. The maximum Gasteiger partial charge on any atom is 0.231 e. The van der Waals surface area contributed by atoms with Crippen LogP contribution in [0.5, 0.6) is 5.75 Å². The molecule has 4 rings (SSSR count). The molecule has 3 heterocycles. The maximum absolute atomic E-state index is 13.5. The van der Waals surface area contributed by atoms with E-state index in [1.165, 1.54) is 24.4 Å². The summed E-state index contributed by atoms with van der Waals surface area (Å²) in [7, 11) is 1.47. The molecule has 7 nitrogen and oxygen atoms in total. The van der Waals surface area contributed by atoms with Gasteiger partial charge < -0.3 is 4.74 Å². The van der Waals surface area contributed by atoms with Crippen molar-refractivity contribution < 1.29 is 22.7 Å². The predicted octanol–water partition coefficient (Wildman–Crippen LogP) is 2.89. The Morgan fingerprint density at radius 3 is 2.66 bits per heavy atom. The fourth-order valence-electron chi connectivity index (χ4n) is 3.48. The minimum absolute atomic E-state index is 0.0946. The summed E-state index contributed by atoms with van der Waals surface area (Å²) >= 11 is 0. The Morgan fingerprint density at radius 2 is 2.00 bits per heavy atom. The lowest BCUT2D eigenvalue weighted by molar-refractivity contribution is -0.120. The quantitative estimate of drug-likeness (QED) is 0.663. The second kappa shape index (κ2) is 7.53. The van der Waals surface area contributed by atoms with Crippen LogP contribution >= 0.6 is 0 Å². The van der Waals surface area contributed by atoms with Crippen molar-refractivity contribution in [3.05, 3.63) is 53.6 Å². The van der Waals surface area contributed by atoms with E-state index in [1.54, 1.807) is 6.07 Å². The van der Waals surface area contributed by atoms with Crippen LogP contribution in [0.3, 0.4) is 0 Å². The summed E-state index contributed by atoms with van der Waals surface area (Å²) in [6.45, 7) is 0.366. The molecule has 0 saturated carbocycles. The molecular weight excluding hydrogens is 387 g/mol. The van der Waals surface area contributed by atoms with E-state index < -0.39 is 23.4 Å². The molecule has 1 fully saturated rings. The van der Waals surface area contributed by atoms with E-state index in [4.69, 9.17) is 4.74 Å². The lowest BCUT2D eigenvalue weighted by Crippen LogP contribution is -2.28. The molecule has 0 spiro atoms. The molecule has 29 heavy (non-hydrogen) atoms. The molecule has 1 N–H and O–H groups in total. The fraction of sp³-hybridized carbons (Fsp3) is 0.263. The zero-order valence-corrected chi connectivity index (χ0v) is 15.3. The third kappa shape index (κ3) is 3.41. The van der Waals surface area contributed by atoms with Gasteiger partial charge in [-0.3, -0.25) is 14.8 Å². The molecule has 0 bridgehead atoms. The van der Waals surface area contributed by atoms with Crippen molar-refractivity contribution >= 4 is 11.7 Å². The molecule has 1 aliphatic rings. The van der Waals surface area contributed by atoms with Gasteiger partial charge in [-0.15, -0.1) is 0 Å². The fourth-order valence-corrected chi connectivity index (χ4v) is 3.48. The zero-order chi connectivity index (χ0) is 20.5. The first-order valence-corrected chi connectivity index (χ1v) is 8.83. The van der Waals surface area contributed by atoms with Crippen molar-refractivity contribution in [1.82, 2.24) is 20.4 Å². The highest BCUT2D eigenvalue weighted by Crippen LogP contribution is 2.38. The molecule has 0 aliphatic carbocycles. The van der Waals surface area contributed by atoms with E-state index in [0.717, 1.165) is 12.1 Å². The Balaban J connectivity index is 1.57. The number of carbonyl (C=O) groups is 1. The SMILES string of the molecule is COc1c(N2CCC(Cc3cc(F)c(F)c(F)c3)C2=O)n[nH]c1-c1ccnnc1. The smallest absolute Gasteiger partial charge is 0.231 e. The van der Waals surface area contributed by atoms with Gasteiger partial charge in [0.25, 0.3) is 0 Å². The number of nitrogens with zero attached hydrogens (tertiary/aromatic N) is 4. The van der Waals surface area contributed by atoms with Gasteiger partial charge in [-0.25, -0.2) is 13.2 Å². The monoisotopic (exact) mass is 403 g/mol. The van der Waals surface area contributed by atoms with Crippen molar-refractivity contribution in [2.24, 2.45) is 5.92 Å². The normalized spacial score (nSPS) is 16.5. The number of amides is 1. The number of H-pyrrole nitrogens is 1. The number of aromatic nitrogens is 4. The summed E-state index contributed by atoms with van der Waals surface area (Å²) < 4.78 is 45.5. The number of rotatable bonds is 5. The number of aromatic amines is 1. The van der Waals surface area contributed by atoms with E-state index in [1.807, 2.05) is 0 Å². The van der Waals surface area contributed by atoms with Gasteiger partial charge >= 0.3 is 0 Å². The van der Waals surface area contributed by atoms with Gasteiger partial charge in [0.1, 0.15) is 5.69 Å². The lowest BCUT2D eigenvalue weighted by Gasteiger charge is -2.15. The number of hydrogen-bond donors (Lipinski definition) is 1. The van der Waals surface area contributed by atoms with Gasteiger partial charge in [0.05, 0.1) is 19.5 Å². The summed E-state index contributed by atoms with van der Waals surface area (Å²) in [4.78, 5) is 14.4. The number of hydrogen-bond acceptors (Lipinski definition) is 5. The molecule has 3 aromatic rings. The molecule has 0 radical (unpaired) electrons. The van der Waals surface area contributed by atoms with Gasteiger partial charge in [0, 0.05) is 18.0 Å². The van der Waals surface area contributed by atoms with Crippen LogP contribution in [0.15, 0.2) is 30.6 Å². The Bertz CT molecular complexity index is 1030. The average molecular weight is 403 g/mol. The van der Waals surface area contributed by atoms with Gasteiger partial charge in [-0.2, -0.15) is 15.3 Å². The van der Waals surface area contributed by atoms with Crippen LogP contribution in [-0.2, 0) is 11.2 Å². The molecule has 1 saturated heterocycles. The molecule has 1 amide bonds. The maximum atomic E-state index is 13.5. The summed E-state index contributed by atoms with van der Waals surface area (Å²) in [5, 5.41) is 14.6. The Hall–Kier alpha value is -3.43. The summed E-state index contributed by atoms with van der Waals surface area (Å²) in [6.07, 6.45) is 3.61. The van der Waals surface area contributed by atoms with Crippen molar-refractivity contribution in [2.45, 2.75) is 12.8 Å². The predicted molar refractivity (Wildman–Crippen MR) is 96.6 cm³/mol. The molecule has 1 aliphatic heterocycles. The summed E-state index contributed by atoms with van der Waals surface area (Å²) in [5.74, 6) is -4.12. The molecule has 1 aromatic carbocycles. The van der Waals surface area contributed by atoms with Crippen LogP contribution in [-0.4, -0.2) is 40.0 Å². The topological polar surface area (TPSA) is 84.0 Å². The highest BCUT2D eigenvalue weighted by atomic mass is 19.2. The van der Waals surface area contributed by atoms with E-state index >= 15 is 0 Å². The largest absolute Gasteiger partial charge is 0.491 e. The number of anilines is 1. The molecule has 1 atom stereocenters. The van der Waals surface area contributed by atoms with Crippen LogP contribution in [0, 0.1) is 23.4 Å². The minimum atomic E-state index is -1.52. The number of nitrogens with one attached hydrogen (secondary N) is 1.